The zero-order valence-corrected chi connectivity index (χ0v) is 18.2. The molecule has 27 heavy (non-hydrogen) atoms. The SMILES string of the molecule is CCCCCCCCCC(=O)OCC1COC2(CC(C)(C)NC(C)(C)C2)O1. The molecule has 2 saturated heterocycles. The standard InChI is InChI=1S/C22H41NO4/c1-6-7-8-9-10-11-12-13-19(24)25-14-18-15-26-22(27-18)16-20(2,3)23-21(4,5)17-22/h18,23H,6-17H2,1-5H3. The van der Waals surface area contributed by atoms with Gasteiger partial charge in [0.2, 0.25) is 0 Å². The van der Waals surface area contributed by atoms with Crippen LogP contribution in [0.1, 0.15) is 98.8 Å². The van der Waals surface area contributed by atoms with Crippen LogP contribution in [0.3, 0.4) is 0 Å². The molecule has 2 aliphatic rings. The summed E-state index contributed by atoms with van der Waals surface area (Å²) in [5.74, 6) is -0.674. The number of ether oxygens (including phenoxy) is 3. The van der Waals surface area contributed by atoms with Gasteiger partial charge in [0.15, 0.2) is 5.79 Å². The quantitative estimate of drug-likeness (QED) is 0.437. The summed E-state index contributed by atoms with van der Waals surface area (Å²) in [6.07, 6.45) is 10.4. The molecule has 0 aromatic rings. The highest BCUT2D eigenvalue weighted by Crippen LogP contribution is 2.42. The zero-order chi connectivity index (χ0) is 20.0. The number of rotatable bonds is 10. The first-order valence-corrected chi connectivity index (χ1v) is 10.9. The summed E-state index contributed by atoms with van der Waals surface area (Å²) in [5.41, 5.74) is -0.102. The number of piperidine rings is 1. The molecule has 2 aliphatic heterocycles. The fraction of sp³-hybridized carbons (Fsp3) is 0.955. The van der Waals surface area contributed by atoms with Crippen LogP contribution < -0.4 is 5.32 Å². The Hall–Kier alpha value is -0.650. The molecule has 2 rings (SSSR count). The van der Waals surface area contributed by atoms with E-state index in [9.17, 15) is 4.79 Å². The summed E-state index contributed by atoms with van der Waals surface area (Å²) in [6, 6.07) is 0. The van der Waals surface area contributed by atoms with Crippen molar-refractivity contribution in [2.45, 2.75) is 122 Å². The number of carbonyl (C=O) groups excluding carboxylic acids is 1. The van der Waals surface area contributed by atoms with E-state index in [1.165, 1.54) is 32.1 Å². The highest BCUT2D eigenvalue weighted by atomic mass is 16.8. The molecule has 0 aromatic heterocycles. The van der Waals surface area contributed by atoms with Gasteiger partial charge in [0, 0.05) is 30.3 Å². The van der Waals surface area contributed by atoms with Crippen molar-refractivity contribution in [1.29, 1.82) is 0 Å². The van der Waals surface area contributed by atoms with Crippen LogP contribution in [0.5, 0.6) is 0 Å². The molecule has 5 heteroatoms. The smallest absolute Gasteiger partial charge is 0.305 e. The largest absolute Gasteiger partial charge is 0.463 e. The molecule has 0 radical (unpaired) electrons. The molecule has 158 valence electrons. The highest BCUT2D eigenvalue weighted by Gasteiger charge is 2.53. The van der Waals surface area contributed by atoms with Crippen LogP contribution in [0.4, 0.5) is 0 Å². The lowest BCUT2D eigenvalue weighted by Gasteiger charge is -2.50. The molecule has 1 spiro atoms. The number of nitrogens with one attached hydrogen (secondary N) is 1. The van der Waals surface area contributed by atoms with Crippen molar-refractivity contribution in [2.75, 3.05) is 13.2 Å². The number of carbonyl (C=O) groups is 1. The van der Waals surface area contributed by atoms with E-state index >= 15 is 0 Å². The molecular weight excluding hydrogens is 342 g/mol. The van der Waals surface area contributed by atoms with Gasteiger partial charge in [-0.25, -0.2) is 0 Å². The molecule has 0 bridgehead atoms. The summed E-state index contributed by atoms with van der Waals surface area (Å²) >= 11 is 0. The number of unbranched alkanes of at least 4 members (excludes halogenated alkanes) is 6. The van der Waals surface area contributed by atoms with Crippen molar-refractivity contribution < 1.29 is 19.0 Å². The van der Waals surface area contributed by atoms with Gasteiger partial charge in [-0.15, -0.1) is 0 Å². The summed E-state index contributed by atoms with van der Waals surface area (Å²) in [6.45, 7) is 11.7. The molecule has 2 heterocycles. The fourth-order valence-corrected chi connectivity index (χ4v) is 4.78. The van der Waals surface area contributed by atoms with Gasteiger partial charge in [-0.3, -0.25) is 4.79 Å². The monoisotopic (exact) mass is 383 g/mol. The minimum atomic E-state index is -0.562. The average molecular weight is 384 g/mol. The second-order valence-corrected chi connectivity index (χ2v) is 9.76. The first-order valence-electron chi connectivity index (χ1n) is 10.9. The van der Waals surface area contributed by atoms with Crippen LogP contribution in [-0.4, -0.2) is 42.2 Å². The Morgan fingerprint density at radius 1 is 1.00 bits per heavy atom. The van der Waals surface area contributed by atoms with Gasteiger partial charge in [-0.1, -0.05) is 45.4 Å². The van der Waals surface area contributed by atoms with Crippen LogP contribution in [0, 0.1) is 0 Å². The van der Waals surface area contributed by atoms with E-state index in [2.05, 4.69) is 39.9 Å². The molecule has 0 amide bonds. The first-order chi connectivity index (χ1) is 12.7. The molecular formula is C22H41NO4. The average Bonchev–Trinajstić information content (AvgIpc) is 2.90. The van der Waals surface area contributed by atoms with Gasteiger partial charge in [-0.05, 0) is 34.1 Å². The van der Waals surface area contributed by atoms with E-state index in [-0.39, 0.29) is 23.2 Å². The molecule has 5 nitrogen and oxygen atoms in total. The number of hydrogen-bond acceptors (Lipinski definition) is 5. The summed E-state index contributed by atoms with van der Waals surface area (Å²) in [4.78, 5) is 12.0. The summed E-state index contributed by atoms with van der Waals surface area (Å²) < 4.78 is 17.8. The van der Waals surface area contributed by atoms with E-state index in [4.69, 9.17) is 14.2 Å². The maximum atomic E-state index is 12.0. The molecule has 1 atom stereocenters. The van der Waals surface area contributed by atoms with E-state index in [1.807, 2.05) is 0 Å². The third-order valence-corrected chi connectivity index (χ3v) is 5.43. The zero-order valence-electron chi connectivity index (χ0n) is 18.2. The van der Waals surface area contributed by atoms with Crippen LogP contribution in [0.15, 0.2) is 0 Å². The Kier molecular flexibility index (Phi) is 8.14. The third-order valence-electron chi connectivity index (χ3n) is 5.43. The summed E-state index contributed by atoms with van der Waals surface area (Å²) in [7, 11) is 0. The van der Waals surface area contributed by atoms with Crippen molar-refractivity contribution in [1.82, 2.24) is 5.32 Å². The van der Waals surface area contributed by atoms with Gasteiger partial charge >= 0.3 is 5.97 Å². The molecule has 0 aliphatic carbocycles. The van der Waals surface area contributed by atoms with Crippen molar-refractivity contribution in [3.8, 4) is 0 Å². The van der Waals surface area contributed by atoms with Crippen LogP contribution in [-0.2, 0) is 19.0 Å². The molecule has 0 aromatic carbocycles. The summed E-state index contributed by atoms with van der Waals surface area (Å²) in [5, 5.41) is 3.65. The Labute approximate surface area is 165 Å². The second kappa shape index (κ2) is 9.71. The van der Waals surface area contributed by atoms with Gasteiger partial charge in [0.05, 0.1) is 6.61 Å². The van der Waals surface area contributed by atoms with Gasteiger partial charge in [0.25, 0.3) is 0 Å². The molecule has 2 fully saturated rings. The highest BCUT2D eigenvalue weighted by molar-refractivity contribution is 5.69. The first kappa shape index (κ1) is 22.6. The van der Waals surface area contributed by atoms with E-state index in [0.29, 0.717) is 19.6 Å². The normalized spacial score (nSPS) is 25.6. The Balaban J connectivity index is 1.64. The van der Waals surface area contributed by atoms with Crippen LogP contribution in [0.2, 0.25) is 0 Å². The van der Waals surface area contributed by atoms with Gasteiger partial charge in [0.1, 0.15) is 12.7 Å². The molecule has 0 saturated carbocycles. The van der Waals surface area contributed by atoms with Crippen LogP contribution >= 0.6 is 0 Å². The minimum Gasteiger partial charge on any atom is -0.463 e. The van der Waals surface area contributed by atoms with E-state index in [1.54, 1.807) is 0 Å². The Morgan fingerprint density at radius 3 is 2.22 bits per heavy atom. The Morgan fingerprint density at radius 2 is 1.59 bits per heavy atom. The Bertz CT molecular complexity index is 459. The molecule has 1 unspecified atom stereocenters. The molecule has 1 N–H and O–H groups in total. The van der Waals surface area contributed by atoms with Crippen molar-refractivity contribution in [3.05, 3.63) is 0 Å². The topological polar surface area (TPSA) is 56.8 Å². The lowest BCUT2D eigenvalue weighted by molar-refractivity contribution is -0.217. The lowest BCUT2D eigenvalue weighted by atomic mass is 9.79. The van der Waals surface area contributed by atoms with Crippen molar-refractivity contribution in [3.63, 3.8) is 0 Å². The maximum Gasteiger partial charge on any atom is 0.305 e. The second-order valence-electron chi connectivity index (χ2n) is 9.76. The van der Waals surface area contributed by atoms with Crippen molar-refractivity contribution >= 4 is 5.97 Å². The lowest BCUT2D eigenvalue weighted by Crippen LogP contribution is -2.63. The maximum absolute atomic E-state index is 12.0. The minimum absolute atomic E-state index is 0.0511. The fourth-order valence-electron chi connectivity index (χ4n) is 4.78. The van der Waals surface area contributed by atoms with E-state index in [0.717, 1.165) is 25.7 Å². The van der Waals surface area contributed by atoms with Crippen molar-refractivity contribution in [2.24, 2.45) is 0 Å². The predicted molar refractivity (Wildman–Crippen MR) is 108 cm³/mol. The van der Waals surface area contributed by atoms with Crippen LogP contribution in [0.25, 0.3) is 0 Å². The van der Waals surface area contributed by atoms with Gasteiger partial charge < -0.3 is 19.5 Å². The third kappa shape index (κ3) is 7.71. The predicted octanol–water partition coefficient (Wildman–Crippen LogP) is 4.72. The van der Waals surface area contributed by atoms with Gasteiger partial charge in [-0.2, -0.15) is 0 Å². The number of hydrogen-bond donors (Lipinski definition) is 1. The number of esters is 1. The van der Waals surface area contributed by atoms with E-state index < -0.39 is 5.79 Å².